The fraction of sp³-hybridized carbons (Fsp3) is 0.385. The van der Waals surface area contributed by atoms with E-state index in [1.807, 2.05) is 19.1 Å². The standard InChI is InChI=1S/C13H18N4O2S/c1-3-17-12(15-16-13(17)20(14,18)19)9-8-11-7-5-4-6-10(11)2/h4-7H,3,8-9H2,1-2H3,(H2,14,18,19). The summed E-state index contributed by atoms with van der Waals surface area (Å²) in [5.74, 6) is 0.639. The summed E-state index contributed by atoms with van der Waals surface area (Å²) in [5, 5.41) is 12.6. The Kier molecular flexibility index (Phi) is 4.20. The average Bonchev–Trinajstić information content (AvgIpc) is 2.80. The van der Waals surface area contributed by atoms with Gasteiger partial charge in [0.05, 0.1) is 0 Å². The number of benzene rings is 1. The first kappa shape index (κ1) is 14.7. The molecule has 1 heterocycles. The molecule has 0 aliphatic heterocycles. The molecule has 7 heteroatoms. The predicted octanol–water partition coefficient (Wildman–Crippen LogP) is 1.04. The Morgan fingerprint density at radius 1 is 1.20 bits per heavy atom. The molecular formula is C13H18N4O2S. The van der Waals surface area contributed by atoms with Gasteiger partial charge in [-0.25, -0.2) is 13.6 Å². The highest BCUT2D eigenvalue weighted by Gasteiger charge is 2.19. The van der Waals surface area contributed by atoms with Crippen molar-refractivity contribution in [3.8, 4) is 0 Å². The van der Waals surface area contributed by atoms with Crippen LogP contribution in [0.3, 0.4) is 0 Å². The van der Waals surface area contributed by atoms with E-state index < -0.39 is 10.0 Å². The van der Waals surface area contributed by atoms with Crippen molar-refractivity contribution < 1.29 is 8.42 Å². The van der Waals surface area contributed by atoms with Crippen LogP contribution in [0.4, 0.5) is 0 Å². The summed E-state index contributed by atoms with van der Waals surface area (Å²) in [6, 6.07) is 8.09. The highest BCUT2D eigenvalue weighted by Crippen LogP contribution is 2.13. The molecule has 0 saturated carbocycles. The first-order chi connectivity index (χ1) is 9.43. The van der Waals surface area contributed by atoms with E-state index in [1.54, 1.807) is 4.57 Å². The molecule has 2 rings (SSSR count). The van der Waals surface area contributed by atoms with Crippen LogP contribution in [0.2, 0.25) is 0 Å². The molecule has 108 valence electrons. The van der Waals surface area contributed by atoms with E-state index in [0.29, 0.717) is 18.8 Å². The molecule has 0 aliphatic rings. The van der Waals surface area contributed by atoms with Crippen LogP contribution < -0.4 is 5.14 Å². The minimum atomic E-state index is -3.83. The van der Waals surface area contributed by atoms with Crippen LogP contribution in [-0.2, 0) is 29.4 Å². The molecule has 0 unspecified atom stereocenters. The number of hydrogen-bond donors (Lipinski definition) is 1. The van der Waals surface area contributed by atoms with E-state index in [2.05, 4.69) is 29.3 Å². The number of aromatic nitrogens is 3. The largest absolute Gasteiger partial charge is 0.301 e. The lowest BCUT2D eigenvalue weighted by molar-refractivity contribution is 0.563. The van der Waals surface area contributed by atoms with Crippen molar-refractivity contribution in [2.75, 3.05) is 0 Å². The fourth-order valence-electron chi connectivity index (χ4n) is 2.17. The Labute approximate surface area is 118 Å². The quantitative estimate of drug-likeness (QED) is 0.892. The van der Waals surface area contributed by atoms with Gasteiger partial charge in [-0.1, -0.05) is 24.3 Å². The minimum absolute atomic E-state index is 0.167. The van der Waals surface area contributed by atoms with Crippen LogP contribution in [0.5, 0.6) is 0 Å². The number of nitrogens with zero attached hydrogens (tertiary/aromatic N) is 3. The average molecular weight is 294 g/mol. The summed E-state index contributed by atoms with van der Waals surface area (Å²) in [5.41, 5.74) is 2.43. The minimum Gasteiger partial charge on any atom is -0.301 e. The predicted molar refractivity (Wildman–Crippen MR) is 75.7 cm³/mol. The van der Waals surface area contributed by atoms with Crippen LogP contribution in [0.1, 0.15) is 23.9 Å². The summed E-state index contributed by atoms with van der Waals surface area (Å²) in [6.45, 7) is 4.37. The summed E-state index contributed by atoms with van der Waals surface area (Å²) in [7, 11) is -3.83. The van der Waals surface area contributed by atoms with E-state index in [0.717, 1.165) is 6.42 Å². The molecule has 2 N–H and O–H groups in total. The second-order valence-electron chi connectivity index (χ2n) is 4.61. The molecule has 0 bridgehead atoms. The first-order valence-electron chi connectivity index (χ1n) is 6.43. The zero-order valence-corrected chi connectivity index (χ0v) is 12.4. The maximum Gasteiger partial charge on any atom is 0.273 e. The normalized spacial score (nSPS) is 11.8. The van der Waals surface area contributed by atoms with Gasteiger partial charge >= 0.3 is 0 Å². The van der Waals surface area contributed by atoms with E-state index in [-0.39, 0.29) is 5.16 Å². The Balaban J connectivity index is 2.23. The fourth-order valence-corrected chi connectivity index (χ4v) is 2.87. The van der Waals surface area contributed by atoms with Crippen molar-refractivity contribution in [3.05, 3.63) is 41.2 Å². The highest BCUT2D eigenvalue weighted by atomic mass is 32.2. The van der Waals surface area contributed by atoms with Gasteiger partial charge in [0.15, 0.2) is 0 Å². The number of sulfonamides is 1. The number of rotatable bonds is 5. The third-order valence-corrected chi connectivity index (χ3v) is 4.05. The Morgan fingerprint density at radius 3 is 2.50 bits per heavy atom. The van der Waals surface area contributed by atoms with Crippen LogP contribution in [0, 0.1) is 6.92 Å². The molecule has 0 atom stereocenters. The highest BCUT2D eigenvalue weighted by molar-refractivity contribution is 7.89. The van der Waals surface area contributed by atoms with E-state index in [1.165, 1.54) is 11.1 Å². The van der Waals surface area contributed by atoms with Crippen LogP contribution >= 0.6 is 0 Å². The zero-order chi connectivity index (χ0) is 14.8. The molecular weight excluding hydrogens is 276 g/mol. The Bertz CT molecular complexity index is 707. The van der Waals surface area contributed by atoms with Gasteiger partial charge in [-0.2, -0.15) is 0 Å². The van der Waals surface area contributed by atoms with Gasteiger partial charge in [0.25, 0.3) is 15.2 Å². The molecule has 0 spiro atoms. The lowest BCUT2D eigenvalue weighted by Crippen LogP contribution is -2.19. The zero-order valence-electron chi connectivity index (χ0n) is 11.6. The molecule has 1 aromatic heterocycles. The summed E-state index contributed by atoms with van der Waals surface area (Å²) in [6.07, 6.45) is 1.41. The monoisotopic (exact) mass is 294 g/mol. The summed E-state index contributed by atoms with van der Waals surface area (Å²) in [4.78, 5) is 0. The van der Waals surface area contributed by atoms with Crippen molar-refractivity contribution in [2.24, 2.45) is 5.14 Å². The van der Waals surface area contributed by atoms with Gasteiger partial charge in [0, 0.05) is 13.0 Å². The van der Waals surface area contributed by atoms with Gasteiger partial charge in [-0.05, 0) is 31.4 Å². The van der Waals surface area contributed by atoms with Gasteiger partial charge in [-0.15, -0.1) is 10.2 Å². The molecule has 0 radical (unpaired) electrons. The smallest absolute Gasteiger partial charge is 0.273 e. The van der Waals surface area contributed by atoms with Crippen LogP contribution in [0.15, 0.2) is 29.4 Å². The number of aryl methyl sites for hydroxylation is 3. The molecule has 0 aliphatic carbocycles. The molecule has 6 nitrogen and oxygen atoms in total. The molecule has 2 aromatic rings. The lowest BCUT2D eigenvalue weighted by atomic mass is 10.0. The third kappa shape index (κ3) is 3.05. The van der Waals surface area contributed by atoms with E-state index in [9.17, 15) is 8.42 Å². The van der Waals surface area contributed by atoms with E-state index in [4.69, 9.17) is 5.14 Å². The molecule has 0 saturated heterocycles. The topological polar surface area (TPSA) is 90.9 Å². The van der Waals surface area contributed by atoms with Gasteiger partial charge in [0.2, 0.25) is 0 Å². The Morgan fingerprint density at radius 2 is 1.90 bits per heavy atom. The number of hydrogen-bond acceptors (Lipinski definition) is 4. The second-order valence-corrected chi connectivity index (χ2v) is 6.07. The number of primary sulfonamides is 1. The van der Waals surface area contributed by atoms with Gasteiger partial charge < -0.3 is 4.57 Å². The summed E-state index contributed by atoms with van der Waals surface area (Å²) >= 11 is 0. The van der Waals surface area contributed by atoms with Crippen molar-refractivity contribution in [2.45, 2.75) is 38.4 Å². The number of nitrogens with two attached hydrogens (primary N) is 1. The van der Waals surface area contributed by atoms with Crippen molar-refractivity contribution >= 4 is 10.0 Å². The van der Waals surface area contributed by atoms with Crippen LogP contribution in [0.25, 0.3) is 0 Å². The van der Waals surface area contributed by atoms with Crippen molar-refractivity contribution in [1.82, 2.24) is 14.8 Å². The molecule has 20 heavy (non-hydrogen) atoms. The Hall–Kier alpha value is -1.73. The van der Waals surface area contributed by atoms with Gasteiger partial charge in [-0.3, -0.25) is 0 Å². The van der Waals surface area contributed by atoms with E-state index >= 15 is 0 Å². The van der Waals surface area contributed by atoms with Crippen LogP contribution in [-0.4, -0.2) is 23.2 Å². The SMILES string of the molecule is CCn1c(CCc2ccccc2C)nnc1S(N)(=O)=O. The van der Waals surface area contributed by atoms with Crippen molar-refractivity contribution in [3.63, 3.8) is 0 Å². The lowest BCUT2D eigenvalue weighted by Gasteiger charge is -2.07. The molecule has 1 aromatic carbocycles. The maximum absolute atomic E-state index is 11.4. The molecule has 0 fully saturated rings. The van der Waals surface area contributed by atoms with Crippen molar-refractivity contribution in [1.29, 1.82) is 0 Å². The second kappa shape index (κ2) is 5.72. The molecule has 0 amide bonds. The summed E-state index contributed by atoms with van der Waals surface area (Å²) < 4.78 is 24.4. The maximum atomic E-state index is 11.4. The first-order valence-corrected chi connectivity index (χ1v) is 7.97. The van der Waals surface area contributed by atoms with Gasteiger partial charge in [0.1, 0.15) is 5.82 Å². The third-order valence-electron chi connectivity index (χ3n) is 3.24.